The number of nitrogens with two attached hydrogens (primary N) is 1. The summed E-state index contributed by atoms with van der Waals surface area (Å²) >= 11 is 3.24. The lowest BCUT2D eigenvalue weighted by molar-refractivity contribution is -0.142. The van der Waals surface area contributed by atoms with Crippen LogP contribution in [0.5, 0.6) is 0 Å². The largest absolute Gasteiger partial charge is 0.468 e. The molecule has 16 heavy (non-hydrogen) atoms. The molecule has 1 aromatic carbocycles. The SMILES string of the molecule is COC(=O)C(N)CC(F)c1ccccc1Br. The van der Waals surface area contributed by atoms with Crippen LogP contribution in [-0.4, -0.2) is 19.1 Å². The number of carbonyl (C=O) groups is 1. The third-order valence-electron chi connectivity index (χ3n) is 2.21. The van der Waals surface area contributed by atoms with Crippen molar-refractivity contribution in [2.75, 3.05) is 7.11 Å². The van der Waals surface area contributed by atoms with E-state index in [-0.39, 0.29) is 6.42 Å². The van der Waals surface area contributed by atoms with E-state index in [0.717, 1.165) is 0 Å². The van der Waals surface area contributed by atoms with E-state index in [0.29, 0.717) is 10.0 Å². The molecule has 1 rings (SSSR count). The first kappa shape index (κ1) is 13.1. The molecule has 0 aliphatic carbocycles. The van der Waals surface area contributed by atoms with E-state index in [1.807, 2.05) is 0 Å². The Bertz CT molecular complexity index is 373. The maximum Gasteiger partial charge on any atom is 0.322 e. The molecule has 2 atom stereocenters. The maximum absolute atomic E-state index is 13.8. The number of hydrogen-bond acceptors (Lipinski definition) is 3. The summed E-state index contributed by atoms with van der Waals surface area (Å²) in [5.74, 6) is -0.602. The fourth-order valence-electron chi connectivity index (χ4n) is 1.33. The van der Waals surface area contributed by atoms with Crippen molar-refractivity contribution < 1.29 is 13.9 Å². The van der Waals surface area contributed by atoms with E-state index >= 15 is 0 Å². The first-order chi connectivity index (χ1) is 7.56. The van der Waals surface area contributed by atoms with Crippen molar-refractivity contribution in [3.63, 3.8) is 0 Å². The van der Waals surface area contributed by atoms with E-state index in [4.69, 9.17) is 5.73 Å². The summed E-state index contributed by atoms with van der Waals surface area (Å²) in [6, 6.07) is 5.98. The zero-order chi connectivity index (χ0) is 12.1. The zero-order valence-electron chi connectivity index (χ0n) is 8.82. The van der Waals surface area contributed by atoms with Gasteiger partial charge in [-0.05, 0) is 6.07 Å². The smallest absolute Gasteiger partial charge is 0.322 e. The molecular formula is C11H13BrFNO2. The topological polar surface area (TPSA) is 52.3 Å². The second-order valence-corrected chi connectivity index (χ2v) is 4.21. The molecule has 5 heteroatoms. The van der Waals surface area contributed by atoms with E-state index in [1.54, 1.807) is 24.3 Å². The Morgan fingerprint density at radius 1 is 1.56 bits per heavy atom. The van der Waals surface area contributed by atoms with Gasteiger partial charge in [0.1, 0.15) is 12.2 Å². The van der Waals surface area contributed by atoms with Crippen LogP contribution in [0.2, 0.25) is 0 Å². The Balaban J connectivity index is 2.69. The molecule has 0 radical (unpaired) electrons. The average Bonchev–Trinajstić information content (AvgIpc) is 2.28. The molecule has 0 aromatic heterocycles. The summed E-state index contributed by atoms with van der Waals surface area (Å²) in [5.41, 5.74) is 5.97. The van der Waals surface area contributed by atoms with Gasteiger partial charge in [0.2, 0.25) is 0 Å². The molecule has 0 aliphatic rings. The zero-order valence-corrected chi connectivity index (χ0v) is 10.4. The average molecular weight is 290 g/mol. The Labute approximate surface area is 102 Å². The fraction of sp³-hybridized carbons (Fsp3) is 0.364. The van der Waals surface area contributed by atoms with Gasteiger partial charge in [0, 0.05) is 16.5 Å². The summed E-state index contributed by atoms with van der Waals surface area (Å²) in [6.07, 6.45) is -1.38. The third kappa shape index (κ3) is 3.28. The number of halogens is 2. The van der Waals surface area contributed by atoms with Crippen molar-refractivity contribution >= 4 is 21.9 Å². The van der Waals surface area contributed by atoms with Gasteiger partial charge >= 0.3 is 5.97 Å². The summed E-state index contributed by atoms with van der Waals surface area (Å²) in [4.78, 5) is 11.0. The number of carbonyl (C=O) groups excluding carboxylic acids is 1. The monoisotopic (exact) mass is 289 g/mol. The Morgan fingerprint density at radius 2 is 2.19 bits per heavy atom. The van der Waals surface area contributed by atoms with Gasteiger partial charge < -0.3 is 10.5 Å². The van der Waals surface area contributed by atoms with Gasteiger partial charge in [0.05, 0.1) is 7.11 Å². The molecule has 3 nitrogen and oxygen atoms in total. The fourth-order valence-corrected chi connectivity index (χ4v) is 1.86. The second kappa shape index (κ2) is 5.96. The minimum absolute atomic E-state index is 0.0880. The number of esters is 1. The van der Waals surface area contributed by atoms with Gasteiger partial charge in [-0.2, -0.15) is 0 Å². The number of rotatable bonds is 4. The molecule has 0 aliphatic heterocycles. The molecule has 0 saturated carbocycles. The predicted molar refractivity (Wildman–Crippen MR) is 62.6 cm³/mol. The highest BCUT2D eigenvalue weighted by Crippen LogP contribution is 2.29. The third-order valence-corrected chi connectivity index (χ3v) is 2.93. The van der Waals surface area contributed by atoms with Crippen molar-refractivity contribution in [2.24, 2.45) is 5.73 Å². The van der Waals surface area contributed by atoms with Crippen molar-refractivity contribution in [1.82, 2.24) is 0 Å². The summed E-state index contributed by atoms with van der Waals surface area (Å²) < 4.78 is 18.9. The highest BCUT2D eigenvalue weighted by atomic mass is 79.9. The maximum atomic E-state index is 13.8. The van der Waals surface area contributed by atoms with Crippen LogP contribution >= 0.6 is 15.9 Å². The number of ether oxygens (including phenoxy) is 1. The van der Waals surface area contributed by atoms with Crippen LogP contribution < -0.4 is 5.73 Å². The molecule has 0 heterocycles. The molecule has 0 spiro atoms. The van der Waals surface area contributed by atoms with Crippen molar-refractivity contribution in [2.45, 2.75) is 18.6 Å². The Kier molecular flexibility index (Phi) is 4.89. The van der Waals surface area contributed by atoms with Crippen LogP contribution in [0.3, 0.4) is 0 Å². The lowest BCUT2D eigenvalue weighted by atomic mass is 10.0. The van der Waals surface area contributed by atoms with E-state index in [2.05, 4.69) is 20.7 Å². The summed E-state index contributed by atoms with van der Waals surface area (Å²) in [6.45, 7) is 0. The van der Waals surface area contributed by atoms with E-state index in [1.165, 1.54) is 7.11 Å². The van der Waals surface area contributed by atoms with Crippen molar-refractivity contribution in [1.29, 1.82) is 0 Å². The van der Waals surface area contributed by atoms with Gasteiger partial charge in [0.25, 0.3) is 0 Å². The highest BCUT2D eigenvalue weighted by molar-refractivity contribution is 9.10. The lowest BCUT2D eigenvalue weighted by Crippen LogP contribution is -2.32. The van der Waals surface area contributed by atoms with Crippen LogP contribution in [0.25, 0.3) is 0 Å². The number of benzene rings is 1. The van der Waals surface area contributed by atoms with Gasteiger partial charge in [0.15, 0.2) is 0 Å². The van der Waals surface area contributed by atoms with Crippen molar-refractivity contribution in [3.8, 4) is 0 Å². The number of alkyl halides is 1. The van der Waals surface area contributed by atoms with Crippen LogP contribution in [0.15, 0.2) is 28.7 Å². The molecule has 0 fully saturated rings. The van der Waals surface area contributed by atoms with Gasteiger partial charge in [-0.3, -0.25) is 4.79 Å². The first-order valence-electron chi connectivity index (χ1n) is 4.78. The molecule has 0 saturated heterocycles. The number of hydrogen-bond donors (Lipinski definition) is 1. The second-order valence-electron chi connectivity index (χ2n) is 3.35. The van der Waals surface area contributed by atoms with Crippen LogP contribution in [-0.2, 0) is 9.53 Å². The predicted octanol–water partition coefficient (Wildman–Crippen LogP) is 2.35. The molecule has 1 aromatic rings. The molecular weight excluding hydrogens is 277 g/mol. The molecule has 2 N–H and O–H groups in total. The quantitative estimate of drug-likeness (QED) is 0.866. The van der Waals surface area contributed by atoms with Gasteiger partial charge in [-0.1, -0.05) is 34.1 Å². The summed E-state index contributed by atoms with van der Waals surface area (Å²) in [5, 5.41) is 0. The lowest BCUT2D eigenvalue weighted by Gasteiger charge is -2.14. The van der Waals surface area contributed by atoms with Crippen LogP contribution in [0.1, 0.15) is 18.2 Å². The van der Waals surface area contributed by atoms with Gasteiger partial charge in [-0.15, -0.1) is 0 Å². The minimum atomic E-state index is -1.29. The molecule has 88 valence electrons. The van der Waals surface area contributed by atoms with Gasteiger partial charge in [-0.25, -0.2) is 4.39 Å². The standard InChI is InChI=1S/C11H13BrFNO2/c1-16-11(15)10(14)6-9(13)7-4-2-3-5-8(7)12/h2-5,9-10H,6,14H2,1H3. The molecule has 2 unspecified atom stereocenters. The van der Waals surface area contributed by atoms with E-state index in [9.17, 15) is 9.18 Å². The molecule has 0 bridgehead atoms. The Morgan fingerprint density at radius 3 is 2.75 bits per heavy atom. The normalized spacial score (nSPS) is 14.2. The van der Waals surface area contributed by atoms with Crippen LogP contribution in [0, 0.1) is 0 Å². The highest BCUT2D eigenvalue weighted by Gasteiger charge is 2.21. The summed E-state index contributed by atoms with van der Waals surface area (Å²) in [7, 11) is 1.23. The van der Waals surface area contributed by atoms with Crippen LogP contribution in [0.4, 0.5) is 4.39 Å². The molecule has 0 amide bonds. The van der Waals surface area contributed by atoms with Crippen molar-refractivity contribution in [3.05, 3.63) is 34.3 Å². The number of methoxy groups -OCH3 is 1. The Hall–Kier alpha value is -0.940. The first-order valence-corrected chi connectivity index (χ1v) is 5.57. The van der Waals surface area contributed by atoms with E-state index < -0.39 is 18.2 Å². The minimum Gasteiger partial charge on any atom is -0.468 e.